The van der Waals surface area contributed by atoms with Crippen molar-refractivity contribution in [2.45, 2.75) is 31.8 Å². The fraction of sp³-hybridized carbons (Fsp3) is 0.227. The number of benzene rings is 1. The Kier molecular flexibility index (Phi) is 3.85. The third-order valence-corrected chi connectivity index (χ3v) is 4.98. The summed E-state index contributed by atoms with van der Waals surface area (Å²) in [5.74, 6) is 1.47. The fourth-order valence-corrected chi connectivity index (χ4v) is 3.41. The Morgan fingerprint density at radius 3 is 2.81 bits per heavy atom. The molecule has 0 spiro atoms. The van der Waals surface area contributed by atoms with E-state index < -0.39 is 0 Å². The normalized spacial score (nSPS) is 15.8. The zero-order valence-corrected chi connectivity index (χ0v) is 14.8. The van der Waals surface area contributed by atoms with Gasteiger partial charge in [0.15, 0.2) is 5.82 Å². The molecule has 0 aliphatic heterocycles. The Labute approximate surface area is 157 Å². The molecule has 0 saturated heterocycles. The lowest BCUT2D eigenvalue weighted by molar-refractivity contribution is 0.303. The van der Waals surface area contributed by atoms with Gasteiger partial charge in [0, 0.05) is 17.3 Å². The van der Waals surface area contributed by atoms with Crippen molar-refractivity contribution < 1.29 is 4.74 Å². The first-order chi connectivity index (χ1) is 13.3. The molecule has 0 amide bonds. The molecule has 2 aliphatic carbocycles. The van der Waals surface area contributed by atoms with E-state index in [1.807, 2.05) is 24.3 Å². The Hall–Kier alpha value is -3.21. The second-order valence-electron chi connectivity index (χ2n) is 7.00. The summed E-state index contributed by atoms with van der Waals surface area (Å²) in [7, 11) is 0. The maximum atomic E-state index is 12.9. The minimum absolute atomic E-state index is 0.0904. The molecule has 2 aromatic heterocycles. The summed E-state index contributed by atoms with van der Waals surface area (Å²) in [4.78, 5) is 17.1. The van der Waals surface area contributed by atoms with E-state index in [1.54, 1.807) is 18.5 Å². The molecule has 2 aliphatic rings. The summed E-state index contributed by atoms with van der Waals surface area (Å²) in [6.07, 6.45) is 9.70. The lowest BCUT2D eigenvalue weighted by Crippen LogP contribution is -2.27. The minimum atomic E-state index is -0.0904. The molecule has 0 radical (unpaired) electrons. The van der Waals surface area contributed by atoms with Crippen LogP contribution in [0.2, 0.25) is 0 Å². The summed E-state index contributed by atoms with van der Waals surface area (Å²) in [5.41, 5.74) is 3.95. The van der Waals surface area contributed by atoms with Gasteiger partial charge in [0.1, 0.15) is 5.75 Å². The van der Waals surface area contributed by atoms with Crippen molar-refractivity contribution in [3.63, 3.8) is 0 Å². The van der Waals surface area contributed by atoms with Crippen LogP contribution in [-0.2, 0) is 6.42 Å². The van der Waals surface area contributed by atoms with E-state index in [1.165, 1.54) is 10.3 Å². The van der Waals surface area contributed by atoms with Gasteiger partial charge in [-0.05, 0) is 67.2 Å². The summed E-state index contributed by atoms with van der Waals surface area (Å²) in [5, 5.41) is 4.33. The first-order valence-electron chi connectivity index (χ1n) is 9.28. The van der Waals surface area contributed by atoms with Crippen LogP contribution >= 0.6 is 0 Å². The number of pyridine rings is 1. The molecule has 0 unspecified atom stereocenters. The molecule has 0 atom stereocenters. The van der Waals surface area contributed by atoms with E-state index in [0.717, 1.165) is 41.7 Å². The number of rotatable bonds is 4. The molecule has 0 bridgehead atoms. The Bertz CT molecular complexity index is 1080. The predicted octanol–water partition coefficient (Wildman–Crippen LogP) is 3.66. The number of aromatic nitrogens is 3. The van der Waals surface area contributed by atoms with Gasteiger partial charge in [-0.1, -0.05) is 18.2 Å². The second-order valence-corrected chi connectivity index (χ2v) is 7.00. The topological polar surface area (TPSA) is 57.0 Å². The second kappa shape index (κ2) is 6.50. The molecule has 2 heterocycles. The Morgan fingerprint density at radius 2 is 2.00 bits per heavy atom. The van der Waals surface area contributed by atoms with Crippen molar-refractivity contribution in [1.29, 1.82) is 0 Å². The van der Waals surface area contributed by atoms with Crippen LogP contribution in [0.5, 0.6) is 5.75 Å². The van der Waals surface area contributed by atoms with Gasteiger partial charge in [-0.2, -0.15) is 9.78 Å². The Morgan fingerprint density at radius 1 is 1.07 bits per heavy atom. The number of ether oxygens (including phenoxy) is 1. The summed E-state index contributed by atoms with van der Waals surface area (Å²) < 4.78 is 7.29. The maximum Gasteiger partial charge on any atom is 0.276 e. The lowest BCUT2D eigenvalue weighted by Gasteiger charge is -2.17. The number of hydrogen-bond donors (Lipinski definition) is 0. The van der Waals surface area contributed by atoms with Crippen LogP contribution in [0.4, 0.5) is 0 Å². The van der Waals surface area contributed by atoms with Gasteiger partial charge >= 0.3 is 0 Å². The molecule has 5 heteroatoms. The standard InChI is InChI=1S/C22H19N3O2/c26-22-20-10-7-16(15-4-3-5-19(13-15)27-18-8-9-18)12-17(20)14-24-25(22)21-6-1-2-11-23-21/h1-6,11-14,18H,7-10H2. The van der Waals surface area contributed by atoms with E-state index in [0.29, 0.717) is 18.3 Å². The SMILES string of the molecule is O=c1c2c(cnn1-c1ccccn1)C=C(c1cccc(OC3CC3)c1)CC2. The fourth-order valence-electron chi connectivity index (χ4n) is 3.41. The maximum absolute atomic E-state index is 12.9. The molecular formula is C22H19N3O2. The van der Waals surface area contributed by atoms with Gasteiger partial charge in [0.05, 0.1) is 12.3 Å². The van der Waals surface area contributed by atoms with Crippen LogP contribution in [0.15, 0.2) is 59.7 Å². The van der Waals surface area contributed by atoms with Gasteiger partial charge in [-0.25, -0.2) is 4.98 Å². The summed E-state index contributed by atoms with van der Waals surface area (Å²) in [6, 6.07) is 13.7. The highest BCUT2D eigenvalue weighted by atomic mass is 16.5. The highest BCUT2D eigenvalue weighted by Crippen LogP contribution is 2.32. The smallest absolute Gasteiger partial charge is 0.276 e. The van der Waals surface area contributed by atoms with Gasteiger partial charge < -0.3 is 4.74 Å². The molecule has 1 saturated carbocycles. The molecular weight excluding hydrogens is 338 g/mol. The lowest BCUT2D eigenvalue weighted by atomic mass is 9.90. The Balaban J connectivity index is 1.50. The molecule has 1 aromatic carbocycles. The monoisotopic (exact) mass is 357 g/mol. The van der Waals surface area contributed by atoms with E-state index in [2.05, 4.69) is 28.3 Å². The van der Waals surface area contributed by atoms with Crippen molar-refractivity contribution >= 4 is 11.6 Å². The van der Waals surface area contributed by atoms with Gasteiger partial charge in [-0.3, -0.25) is 4.79 Å². The molecule has 0 N–H and O–H groups in total. The van der Waals surface area contributed by atoms with Crippen LogP contribution in [0.3, 0.4) is 0 Å². The summed E-state index contributed by atoms with van der Waals surface area (Å²) >= 11 is 0. The first kappa shape index (κ1) is 16.0. The molecule has 134 valence electrons. The van der Waals surface area contributed by atoms with E-state index in [9.17, 15) is 4.79 Å². The van der Waals surface area contributed by atoms with Crippen LogP contribution in [0.1, 0.15) is 36.0 Å². The van der Waals surface area contributed by atoms with Gasteiger partial charge in [0.25, 0.3) is 5.56 Å². The van der Waals surface area contributed by atoms with Crippen molar-refractivity contribution in [3.05, 3.63) is 81.9 Å². The largest absolute Gasteiger partial charge is 0.490 e. The highest BCUT2D eigenvalue weighted by Gasteiger charge is 2.24. The number of fused-ring (bicyclic) bond motifs is 1. The third-order valence-electron chi connectivity index (χ3n) is 4.98. The van der Waals surface area contributed by atoms with E-state index >= 15 is 0 Å². The number of hydrogen-bond acceptors (Lipinski definition) is 4. The minimum Gasteiger partial charge on any atom is -0.490 e. The highest BCUT2D eigenvalue weighted by molar-refractivity contribution is 5.84. The predicted molar refractivity (Wildman–Crippen MR) is 104 cm³/mol. The average molecular weight is 357 g/mol. The number of nitrogens with zero attached hydrogens (tertiary/aromatic N) is 3. The van der Waals surface area contributed by atoms with Crippen LogP contribution in [-0.4, -0.2) is 20.9 Å². The van der Waals surface area contributed by atoms with Crippen molar-refractivity contribution in [2.75, 3.05) is 0 Å². The van der Waals surface area contributed by atoms with Crippen LogP contribution in [0, 0.1) is 0 Å². The molecule has 1 fully saturated rings. The van der Waals surface area contributed by atoms with Crippen molar-refractivity contribution in [3.8, 4) is 11.6 Å². The van der Waals surface area contributed by atoms with E-state index in [4.69, 9.17) is 4.74 Å². The van der Waals surface area contributed by atoms with Gasteiger partial charge in [0.2, 0.25) is 0 Å². The number of allylic oxidation sites excluding steroid dienone is 1. The molecule has 27 heavy (non-hydrogen) atoms. The molecule has 3 aromatic rings. The zero-order chi connectivity index (χ0) is 18.2. The van der Waals surface area contributed by atoms with E-state index in [-0.39, 0.29) is 5.56 Å². The van der Waals surface area contributed by atoms with Crippen LogP contribution < -0.4 is 10.3 Å². The summed E-state index contributed by atoms with van der Waals surface area (Å²) in [6.45, 7) is 0. The zero-order valence-electron chi connectivity index (χ0n) is 14.8. The quantitative estimate of drug-likeness (QED) is 0.715. The van der Waals surface area contributed by atoms with Crippen LogP contribution in [0.25, 0.3) is 17.5 Å². The third kappa shape index (κ3) is 3.16. The average Bonchev–Trinajstić information content (AvgIpc) is 3.53. The van der Waals surface area contributed by atoms with Crippen molar-refractivity contribution in [2.24, 2.45) is 0 Å². The van der Waals surface area contributed by atoms with Gasteiger partial charge in [-0.15, -0.1) is 0 Å². The first-order valence-corrected chi connectivity index (χ1v) is 9.28. The molecule has 5 nitrogen and oxygen atoms in total. The van der Waals surface area contributed by atoms with Crippen molar-refractivity contribution in [1.82, 2.24) is 14.8 Å². The molecule has 5 rings (SSSR count).